The number of aliphatic hydroxyl groups excluding tert-OH is 1. The van der Waals surface area contributed by atoms with Crippen LogP contribution in [-0.2, 0) is 0 Å². The van der Waals surface area contributed by atoms with Crippen molar-refractivity contribution >= 4 is 17.0 Å². The van der Waals surface area contributed by atoms with Crippen LogP contribution in [0.5, 0.6) is 5.75 Å². The van der Waals surface area contributed by atoms with Gasteiger partial charge >= 0.3 is 0 Å². The third kappa shape index (κ3) is 4.05. The van der Waals surface area contributed by atoms with Gasteiger partial charge in [-0.2, -0.15) is 11.3 Å². The predicted octanol–water partition coefficient (Wildman–Crippen LogP) is 2.91. The lowest BCUT2D eigenvalue weighted by atomic mass is 10.2. The van der Waals surface area contributed by atoms with E-state index in [0.717, 1.165) is 17.0 Å². The van der Waals surface area contributed by atoms with E-state index in [-0.39, 0.29) is 0 Å². The number of hydrogen-bond donors (Lipinski definition) is 2. The van der Waals surface area contributed by atoms with E-state index in [9.17, 15) is 5.11 Å². The number of aliphatic hydroxyl groups is 1. The van der Waals surface area contributed by atoms with Gasteiger partial charge < -0.3 is 15.2 Å². The van der Waals surface area contributed by atoms with E-state index in [4.69, 9.17) is 4.74 Å². The summed E-state index contributed by atoms with van der Waals surface area (Å²) in [5.74, 6) is 0.796. The van der Waals surface area contributed by atoms with Crippen LogP contribution in [0.2, 0.25) is 0 Å². The van der Waals surface area contributed by atoms with E-state index in [2.05, 4.69) is 5.32 Å². The van der Waals surface area contributed by atoms with Crippen LogP contribution in [0.1, 0.15) is 5.56 Å². The summed E-state index contributed by atoms with van der Waals surface area (Å²) in [6.07, 6.45) is -0.523. The highest BCUT2D eigenvalue weighted by molar-refractivity contribution is 7.08. The molecule has 0 saturated carbocycles. The van der Waals surface area contributed by atoms with Gasteiger partial charge in [0, 0.05) is 17.6 Å². The fourth-order valence-electron chi connectivity index (χ4n) is 1.56. The Balaban J connectivity index is 1.73. The van der Waals surface area contributed by atoms with Crippen LogP contribution in [0.25, 0.3) is 0 Å². The molecule has 0 aliphatic heterocycles. The van der Waals surface area contributed by atoms with E-state index in [1.807, 2.05) is 48.0 Å². The van der Waals surface area contributed by atoms with Crippen molar-refractivity contribution in [1.29, 1.82) is 0 Å². The third-order valence-electron chi connectivity index (χ3n) is 2.49. The molecule has 3 nitrogen and oxygen atoms in total. The van der Waals surface area contributed by atoms with Gasteiger partial charge in [-0.1, -0.05) is 12.1 Å². The summed E-state index contributed by atoms with van der Waals surface area (Å²) < 4.78 is 5.53. The van der Waals surface area contributed by atoms with Crippen molar-refractivity contribution in [3.8, 4) is 5.75 Å². The molecule has 1 heterocycles. The number of thiophene rings is 1. The van der Waals surface area contributed by atoms with Crippen LogP contribution in [0.15, 0.2) is 41.1 Å². The van der Waals surface area contributed by atoms with Crippen molar-refractivity contribution in [2.45, 2.75) is 13.0 Å². The number of nitrogens with one attached hydrogen (secondary N) is 1. The van der Waals surface area contributed by atoms with Crippen LogP contribution in [0.3, 0.4) is 0 Å². The fourth-order valence-corrected chi connectivity index (χ4v) is 2.17. The molecule has 0 fully saturated rings. The molecule has 1 atom stereocenters. The Morgan fingerprint density at radius 2 is 2.28 bits per heavy atom. The molecule has 1 unspecified atom stereocenters. The maximum absolute atomic E-state index is 9.79. The number of anilines is 1. The second kappa shape index (κ2) is 6.42. The maximum atomic E-state index is 9.79. The number of rotatable bonds is 6. The molecule has 4 heteroatoms. The Hall–Kier alpha value is -1.52. The summed E-state index contributed by atoms with van der Waals surface area (Å²) in [7, 11) is 0. The average Bonchev–Trinajstić information content (AvgIpc) is 2.87. The van der Waals surface area contributed by atoms with E-state index in [1.54, 1.807) is 11.3 Å². The highest BCUT2D eigenvalue weighted by Gasteiger charge is 2.05. The molecule has 0 bridgehead atoms. The van der Waals surface area contributed by atoms with E-state index < -0.39 is 6.10 Å². The van der Waals surface area contributed by atoms with Crippen molar-refractivity contribution in [3.63, 3.8) is 0 Å². The highest BCUT2D eigenvalue weighted by atomic mass is 32.1. The molecule has 0 aliphatic rings. The molecule has 2 aromatic rings. The quantitative estimate of drug-likeness (QED) is 0.842. The molecular weight excluding hydrogens is 246 g/mol. The first-order valence-electron chi connectivity index (χ1n) is 5.87. The van der Waals surface area contributed by atoms with Crippen LogP contribution in [-0.4, -0.2) is 24.4 Å². The van der Waals surface area contributed by atoms with Gasteiger partial charge in [-0.05, 0) is 36.1 Å². The number of hydrogen-bond acceptors (Lipinski definition) is 4. The minimum absolute atomic E-state index is 0.292. The number of aryl methyl sites for hydroxylation is 1. The van der Waals surface area contributed by atoms with Crippen molar-refractivity contribution in [3.05, 3.63) is 46.7 Å². The van der Waals surface area contributed by atoms with Gasteiger partial charge in [0.1, 0.15) is 18.5 Å². The van der Waals surface area contributed by atoms with Gasteiger partial charge in [0.25, 0.3) is 0 Å². The van der Waals surface area contributed by atoms with Crippen molar-refractivity contribution in [2.24, 2.45) is 0 Å². The molecular formula is C14H17NO2S. The molecule has 0 spiro atoms. The SMILES string of the molecule is Cc1cccc(OCC(O)CNc2ccsc2)c1. The Morgan fingerprint density at radius 1 is 1.39 bits per heavy atom. The summed E-state index contributed by atoms with van der Waals surface area (Å²) >= 11 is 1.63. The van der Waals surface area contributed by atoms with Crippen molar-refractivity contribution in [1.82, 2.24) is 0 Å². The predicted molar refractivity (Wildman–Crippen MR) is 75.5 cm³/mol. The van der Waals surface area contributed by atoms with Crippen LogP contribution in [0, 0.1) is 6.92 Å². The molecule has 0 radical (unpaired) electrons. The fraction of sp³-hybridized carbons (Fsp3) is 0.286. The zero-order valence-electron chi connectivity index (χ0n) is 10.3. The van der Waals surface area contributed by atoms with Crippen LogP contribution >= 0.6 is 11.3 Å². The average molecular weight is 263 g/mol. The van der Waals surface area contributed by atoms with E-state index in [0.29, 0.717) is 13.2 Å². The van der Waals surface area contributed by atoms with Gasteiger partial charge in [0.2, 0.25) is 0 Å². The summed E-state index contributed by atoms with van der Waals surface area (Å²) in [5.41, 5.74) is 2.19. The Kier molecular flexibility index (Phi) is 4.61. The highest BCUT2D eigenvalue weighted by Crippen LogP contribution is 2.13. The van der Waals surface area contributed by atoms with Gasteiger partial charge in [-0.3, -0.25) is 0 Å². The molecule has 2 N–H and O–H groups in total. The lowest BCUT2D eigenvalue weighted by Gasteiger charge is -2.13. The molecule has 0 saturated heterocycles. The molecule has 96 valence electrons. The Morgan fingerprint density at radius 3 is 3.00 bits per heavy atom. The molecule has 2 rings (SSSR count). The molecule has 1 aromatic carbocycles. The minimum atomic E-state index is -0.523. The normalized spacial score (nSPS) is 12.1. The zero-order valence-corrected chi connectivity index (χ0v) is 11.1. The monoisotopic (exact) mass is 263 g/mol. The number of benzene rings is 1. The Bertz CT molecular complexity index is 470. The number of ether oxygens (including phenoxy) is 1. The van der Waals surface area contributed by atoms with Crippen molar-refractivity contribution in [2.75, 3.05) is 18.5 Å². The summed E-state index contributed by atoms with van der Waals surface area (Å²) in [6.45, 7) is 2.80. The summed E-state index contributed by atoms with van der Waals surface area (Å²) in [6, 6.07) is 9.80. The largest absolute Gasteiger partial charge is 0.491 e. The molecule has 1 aromatic heterocycles. The minimum Gasteiger partial charge on any atom is -0.491 e. The smallest absolute Gasteiger partial charge is 0.119 e. The lowest BCUT2D eigenvalue weighted by Crippen LogP contribution is -2.26. The van der Waals surface area contributed by atoms with E-state index >= 15 is 0 Å². The summed E-state index contributed by atoms with van der Waals surface area (Å²) in [4.78, 5) is 0. The molecule has 18 heavy (non-hydrogen) atoms. The van der Waals surface area contributed by atoms with Crippen LogP contribution < -0.4 is 10.1 Å². The summed E-state index contributed by atoms with van der Waals surface area (Å²) in [5, 5.41) is 17.0. The van der Waals surface area contributed by atoms with Gasteiger partial charge in [-0.15, -0.1) is 0 Å². The van der Waals surface area contributed by atoms with Crippen LogP contribution in [0.4, 0.5) is 5.69 Å². The molecule has 0 amide bonds. The van der Waals surface area contributed by atoms with Gasteiger partial charge in [-0.25, -0.2) is 0 Å². The van der Waals surface area contributed by atoms with Gasteiger partial charge in [0.05, 0.1) is 0 Å². The first-order chi connectivity index (χ1) is 8.74. The van der Waals surface area contributed by atoms with Crippen molar-refractivity contribution < 1.29 is 9.84 Å². The first kappa shape index (κ1) is 12.9. The maximum Gasteiger partial charge on any atom is 0.119 e. The topological polar surface area (TPSA) is 41.5 Å². The molecule has 0 aliphatic carbocycles. The van der Waals surface area contributed by atoms with Gasteiger partial charge in [0.15, 0.2) is 0 Å². The lowest BCUT2D eigenvalue weighted by molar-refractivity contribution is 0.117. The third-order valence-corrected chi connectivity index (χ3v) is 3.18. The first-order valence-corrected chi connectivity index (χ1v) is 6.82. The Labute approximate surface area is 111 Å². The second-order valence-corrected chi connectivity index (χ2v) is 4.95. The second-order valence-electron chi connectivity index (χ2n) is 4.17. The van der Waals surface area contributed by atoms with E-state index in [1.165, 1.54) is 0 Å². The standard InChI is InChI=1S/C14H17NO2S/c1-11-3-2-4-14(7-11)17-9-13(16)8-15-12-5-6-18-10-12/h2-7,10,13,15-16H,8-9H2,1H3. The zero-order chi connectivity index (χ0) is 12.8.